The minimum atomic E-state index is 0. The maximum Gasteiger partial charge on any atom is 0.191 e. The van der Waals surface area contributed by atoms with Crippen LogP contribution in [-0.4, -0.2) is 34.6 Å². The van der Waals surface area contributed by atoms with Gasteiger partial charge in [-0.15, -0.1) is 24.0 Å². The molecule has 1 atom stereocenters. The summed E-state index contributed by atoms with van der Waals surface area (Å²) in [5, 5.41) is 6.90. The maximum absolute atomic E-state index is 4.67. The lowest BCUT2D eigenvalue weighted by atomic mass is 9.85. The molecule has 5 nitrogen and oxygen atoms in total. The van der Waals surface area contributed by atoms with E-state index in [1.165, 1.54) is 44.9 Å². The van der Waals surface area contributed by atoms with Gasteiger partial charge in [-0.2, -0.15) is 0 Å². The van der Waals surface area contributed by atoms with Crippen molar-refractivity contribution in [1.82, 2.24) is 20.2 Å². The van der Waals surface area contributed by atoms with Gasteiger partial charge in [-0.05, 0) is 32.6 Å². The van der Waals surface area contributed by atoms with Crippen molar-refractivity contribution in [3.05, 3.63) is 18.7 Å². The highest BCUT2D eigenvalue weighted by atomic mass is 127. The van der Waals surface area contributed by atoms with Gasteiger partial charge in [-0.3, -0.25) is 4.99 Å². The summed E-state index contributed by atoms with van der Waals surface area (Å²) in [6, 6.07) is 0.475. The maximum atomic E-state index is 4.67. The molecule has 0 bridgehead atoms. The number of nitrogens with zero attached hydrogens (tertiary/aromatic N) is 3. The number of hydrogen-bond donors (Lipinski definition) is 2. The van der Waals surface area contributed by atoms with Gasteiger partial charge in [0, 0.05) is 31.5 Å². The van der Waals surface area contributed by atoms with Crippen molar-refractivity contribution in [2.24, 2.45) is 10.9 Å². The number of aromatic nitrogens is 2. The molecule has 6 heteroatoms. The van der Waals surface area contributed by atoms with Gasteiger partial charge in [0.1, 0.15) is 0 Å². The third-order valence-corrected chi connectivity index (χ3v) is 4.65. The largest absolute Gasteiger partial charge is 0.357 e. The van der Waals surface area contributed by atoms with Gasteiger partial charge >= 0.3 is 0 Å². The zero-order chi connectivity index (χ0) is 16.3. The molecule has 0 saturated heterocycles. The van der Waals surface area contributed by atoms with Crippen molar-refractivity contribution in [2.75, 3.05) is 13.1 Å². The third-order valence-electron chi connectivity index (χ3n) is 4.65. The molecule has 1 saturated carbocycles. The Balaban J connectivity index is 0.00000288. The predicted octanol–water partition coefficient (Wildman–Crippen LogP) is 3.81. The summed E-state index contributed by atoms with van der Waals surface area (Å²) in [5.74, 6) is 1.89. The molecule has 2 rings (SSSR count). The quantitative estimate of drug-likeness (QED) is 0.362. The minimum Gasteiger partial charge on any atom is -0.357 e. The zero-order valence-corrected chi connectivity index (χ0v) is 17.5. The first-order valence-electron chi connectivity index (χ1n) is 9.28. The predicted molar refractivity (Wildman–Crippen MR) is 112 cm³/mol. The van der Waals surface area contributed by atoms with E-state index in [0.29, 0.717) is 6.04 Å². The van der Waals surface area contributed by atoms with Crippen LogP contribution in [0.2, 0.25) is 0 Å². The summed E-state index contributed by atoms with van der Waals surface area (Å²) in [6.45, 7) is 6.91. The second-order valence-electron chi connectivity index (χ2n) is 6.69. The molecule has 24 heavy (non-hydrogen) atoms. The minimum absolute atomic E-state index is 0. The summed E-state index contributed by atoms with van der Waals surface area (Å²) < 4.78 is 2.06. The second-order valence-corrected chi connectivity index (χ2v) is 6.69. The molecule has 1 aliphatic rings. The molecule has 2 N–H and O–H groups in total. The highest BCUT2D eigenvalue weighted by molar-refractivity contribution is 14.0. The van der Waals surface area contributed by atoms with Gasteiger partial charge in [0.05, 0.1) is 12.9 Å². The number of hydrogen-bond acceptors (Lipinski definition) is 2. The molecule has 1 heterocycles. The van der Waals surface area contributed by atoms with Gasteiger partial charge in [0.2, 0.25) is 0 Å². The summed E-state index contributed by atoms with van der Waals surface area (Å²) in [7, 11) is 0. The lowest BCUT2D eigenvalue weighted by Gasteiger charge is -2.24. The fraction of sp³-hybridized carbons (Fsp3) is 0.778. The first-order chi connectivity index (χ1) is 11.3. The topological polar surface area (TPSA) is 54.2 Å². The average molecular weight is 447 g/mol. The highest BCUT2D eigenvalue weighted by Crippen LogP contribution is 2.27. The van der Waals surface area contributed by atoms with Crippen LogP contribution in [0.25, 0.3) is 0 Å². The van der Waals surface area contributed by atoms with E-state index in [9.17, 15) is 0 Å². The molecular formula is C18H34IN5. The zero-order valence-electron chi connectivity index (χ0n) is 15.2. The van der Waals surface area contributed by atoms with Gasteiger partial charge in [0.15, 0.2) is 5.96 Å². The molecule has 0 aliphatic heterocycles. The van der Waals surface area contributed by atoms with Crippen LogP contribution in [0.5, 0.6) is 0 Å². The molecule has 0 radical (unpaired) electrons. The lowest BCUT2D eigenvalue weighted by molar-refractivity contribution is 0.322. The van der Waals surface area contributed by atoms with Crippen molar-refractivity contribution in [2.45, 2.75) is 71.4 Å². The smallest absolute Gasteiger partial charge is 0.191 e. The van der Waals surface area contributed by atoms with Crippen LogP contribution < -0.4 is 10.6 Å². The van der Waals surface area contributed by atoms with E-state index in [1.54, 1.807) is 6.20 Å². The monoisotopic (exact) mass is 447 g/mol. The molecule has 0 aromatic carbocycles. The van der Waals surface area contributed by atoms with Crippen LogP contribution >= 0.6 is 24.0 Å². The van der Waals surface area contributed by atoms with Crippen LogP contribution in [0.3, 0.4) is 0 Å². The fourth-order valence-corrected chi connectivity index (χ4v) is 3.28. The Morgan fingerprint density at radius 3 is 2.79 bits per heavy atom. The van der Waals surface area contributed by atoms with E-state index in [2.05, 4.69) is 39.0 Å². The van der Waals surface area contributed by atoms with Crippen molar-refractivity contribution in [3.63, 3.8) is 0 Å². The normalized spacial score (nSPS) is 17.2. The Hall–Kier alpha value is -0.790. The summed E-state index contributed by atoms with van der Waals surface area (Å²) >= 11 is 0. The molecule has 0 amide bonds. The Kier molecular flexibility index (Phi) is 11.1. The second kappa shape index (κ2) is 12.6. The molecule has 138 valence electrons. The summed E-state index contributed by atoms with van der Waals surface area (Å²) in [5.41, 5.74) is 0. The Bertz CT molecular complexity index is 440. The van der Waals surface area contributed by atoms with Gasteiger partial charge in [0.25, 0.3) is 0 Å². The first kappa shape index (κ1) is 21.3. The number of aliphatic imine (C=N–C) groups is 1. The standard InChI is InChI=1S/C18H33N5.HI/c1-3-20-18(21-12-14-23-13-11-19-15-23)22-16(2)9-10-17-7-5-4-6-8-17;/h11,13,15-17H,3-10,12,14H2,1-2H3,(H2,20,21,22);1H. The summed E-state index contributed by atoms with van der Waals surface area (Å²) in [6.07, 6.45) is 15.4. The average Bonchev–Trinajstić information content (AvgIpc) is 3.07. The number of nitrogens with one attached hydrogen (secondary N) is 2. The Labute approximate surface area is 164 Å². The van der Waals surface area contributed by atoms with Crippen molar-refractivity contribution >= 4 is 29.9 Å². The first-order valence-corrected chi connectivity index (χ1v) is 9.28. The van der Waals surface area contributed by atoms with E-state index >= 15 is 0 Å². The summed E-state index contributed by atoms with van der Waals surface area (Å²) in [4.78, 5) is 8.73. The third kappa shape index (κ3) is 8.35. The van der Waals surface area contributed by atoms with E-state index in [1.807, 2.05) is 12.5 Å². The molecule has 1 unspecified atom stereocenters. The van der Waals surface area contributed by atoms with Crippen LogP contribution in [0, 0.1) is 5.92 Å². The van der Waals surface area contributed by atoms with Crippen molar-refractivity contribution in [3.8, 4) is 0 Å². The van der Waals surface area contributed by atoms with Gasteiger partial charge < -0.3 is 15.2 Å². The van der Waals surface area contributed by atoms with Crippen LogP contribution in [0.4, 0.5) is 0 Å². The molecule has 0 spiro atoms. The van der Waals surface area contributed by atoms with E-state index < -0.39 is 0 Å². The molecule has 1 aromatic rings. The Morgan fingerprint density at radius 2 is 2.12 bits per heavy atom. The molecule has 1 fully saturated rings. The molecular weight excluding hydrogens is 413 g/mol. The SMILES string of the molecule is CCNC(=NCCn1ccnc1)NC(C)CCC1CCCCC1.I. The van der Waals surface area contributed by atoms with Crippen molar-refractivity contribution in [1.29, 1.82) is 0 Å². The van der Waals surface area contributed by atoms with Crippen LogP contribution in [0.15, 0.2) is 23.7 Å². The van der Waals surface area contributed by atoms with Crippen molar-refractivity contribution < 1.29 is 0 Å². The van der Waals surface area contributed by atoms with Gasteiger partial charge in [-0.1, -0.05) is 32.1 Å². The van der Waals surface area contributed by atoms with E-state index in [-0.39, 0.29) is 24.0 Å². The molecule has 1 aliphatic carbocycles. The van der Waals surface area contributed by atoms with Crippen LogP contribution in [0.1, 0.15) is 58.8 Å². The highest BCUT2D eigenvalue weighted by Gasteiger charge is 2.14. The number of halogens is 1. The Morgan fingerprint density at radius 1 is 1.33 bits per heavy atom. The lowest BCUT2D eigenvalue weighted by Crippen LogP contribution is -2.42. The van der Waals surface area contributed by atoms with Gasteiger partial charge in [-0.25, -0.2) is 4.98 Å². The van der Waals surface area contributed by atoms with E-state index in [0.717, 1.165) is 31.5 Å². The number of imidazole rings is 1. The van der Waals surface area contributed by atoms with Crippen LogP contribution in [-0.2, 0) is 6.54 Å². The number of guanidine groups is 1. The van der Waals surface area contributed by atoms with E-state index in [4.69, 9.17) is 0 Å². The number of rotatable bonds is 8. The molecule has 1 aromatic heterocycles. The fourth-order valence-electron chi connectivity index (χ4n) is 3.28.